The highest BCUT2D eigenvalue weighted by Gasteiger charge is 2.51. The summed E-state index contributed by atoms with van der Waals surface area (Å²) in [6.45, 7) is 8.35. The molecule has 0 spiro atoms. The molecule has 1 saturated heterocycles. The minimum atomic E-state index is -0.351. The third-order valence-electron chi connectivity index (χ3n) is 7.22. The number of aromatic nitrogens is 1. The zero-order chi connectivity index (χ0) is 22.1. The first-order valence-corrected chi connectivity index (χ1v) is 11.2. The molecule has 4 heteroatoms. The lowest BCUT2D eigenvalue weighted by molar-refractivity contribution is 0.00578. The molecule has 3 nitrogen and oxygen atoms in total. The molecule has 0 bridgehead atoms. The number of hydrogen-bond donors (Lipinski definition) is 0. The SMILES string of the molecule is CC1(C)OB(c2ccc(-n3c4ccccc4c4cc5ccccc5cc43)cc2)OC1(C)C. The van der Waals surface area contributed by atoms with Crippen LogP contribution in [0, 0.1) is 0 Å². The summed E-state index contributed by atoms with van der Waals surface area (Å²) in [5.41, 5.74) is 3.91. The van der Waals surface area contributed by atoms with E-state index >= 15 is 0 Å². The Bertz CT molecular complexity index is 1460. The molecule has 1 aromatic heterocycles. The highest BCUT2D eigenvalue weighted by atomic mass is 16.7. The van der Waals surface area contributed by atoms with Crippen molar-refractivity contribution in [1.29, 1.82) is 0 Å². The highest BCUT2D eigenvalue weighted by molar-refractivity contribution is 6.62. The quantitative estimate of drug-likeness (QED) is 0.317. The second kappa shape index (κ2) is 6.71. The van der Waals surface area contributed by atoms with Gasteiger partial charge in [-0.05, 0) is 74.3 Å². The molecule has 0 atom stereocenters. The second-order valence-electron chi connectivity index (χ2n) is 9.75. The molecule has 2 heterocycles. The number of para-hydroxylation sites is 1. The lowest BCUT2D eigenvalue weighted by atomic mass is 9.79. The molecule has 0 radical (unpaired) electrons. The van der Waals surface area contributed by atoms with Crippen molar-refractivity contribution in [1.82, 2.24) is 4.57 Å². The number of rotatable bonds is 2. The van der Waals surface area contributed by atoms with Gasteiger partial charge in [-0.2, -0.15) is 0 Å². The van der Waals surface area contributed by atoms with Gasteiger partial charge < -0.3 is 13.9 Å². The van der Waals surface area contributed by atoms with E-state index in [1.807, 2.05) is 0 Å². The third kappa shape index (κ3) is 2.83. The smallest absolute Gasteiger partial charge is 0.399 e. The van der Waals surface area contributed by atoms with E-state index < -0.39 is 0 Å². The van der Waals surface area contributed by atoms with Crippen LogP contribution >= 0.6 is 0 Å². The molecule has 0 aliphatic carbocycles. The summed E-state index contributed by atoms with van der Waals surface area (Å²) in [5, 5.41) is 5.05. The second-order valence-corrected chi connectivity index (χ2v) is 9.75. The summed E-state index contributed by atoms with van der Waals surface area (Å²) in [6, 6.07) is 30.4. The van der Waals surface area contributed by atoms with Crippen LogP contribution in [0.5, 0.6) is 0 Å². The van der Waals surface area contributed by atoms with Crippen LogP contribution in [0.25, 0.3) is 38.3 Å². The fourth-order valence-electron chi connectivity index (χ4n) is 4.69. The van der Waals surface area contributed by atoms with Crippen molar-refractivity contribution in [2.24, 2.45) is 0 Å². The van der Waals surface area contributed by atoms with Gasteiger partial charge in [-0.25, -0.2) is 0 Å². The maximum Gasteiger partial charge on any atom is 0.494 e. The predicted molar refractivity (Wildman–Crippen MR) is 134 cm³/mol. The van der Waals surface area contributed by atoms with E-state index in [-0.39, 0.29) is 18.3 Å². The fraction of sp³-hybridized carbons (Fsp3) is 0.214. The van der Waals surface area contributed by atoms with Crippen molar-refractivity contribution in [3.8, 4) is 5.69 Å². The standard InChI is InChI=1S/C28H26BNO2/c1-27(2)28(3,4)32-29(31-27)21-13-15-22(16-14-21)30-25-12-8-7-11-23(25)24-17-19-9-5-6-10-20(19)18-26(24)30/h5-18H,1-4H3. The van der Waals surface area contributed by atoms with Gasteiger partial charge in [0.25, 0.3) is 0 Å². The van der Waals surface area contributed by atoms with E-state index in [1.165, 1.54) is 32.6 Å². The third-order valence-corrected chi connectivity index (χ3v) is 7.22. The fourth-order valence-corrected chi connectivity index (χ4v) is 4.69. The maximum absolute atomic E-state index is 6.24. The van der Waals surface area contributed by atoms with Crippen molar-refractivity contribution in [3.05, 3.63) is 84.9 Å². The minimum Gasteiger partial charge on any atom is -0.399 e. The van der Waals surface area contributed by atoms with Crippen LogP contribution < -0.4 is 5.46 Å². The van der Waals surface area contributed by atoms with Crippen LogP contribution in [-0.4, -0.2) is 22.9 Å². The molecule has 1 fully saturated rings. The topological polar surface area (TPSA) is 23.4 Å². The van der Waals surface area contributed by atoms with Gasteiger partial charge in [0.15, 0.2) is 0 Å². The molecule has 1 aliphatic heterocycles. The molecule has 5 aromatic rings. The summed E-state index contributed by atoms with van der Waals surface area (Å²) in [4.78, 5) is 0. The first kappa shape index (κ1) is 19.6. The lowest BCUT2D eigenvalue weighted by Gasteiger charge is -2.32. The molecular weight excluding hydrogens is 393 g/mol. The van der Waals surface area contributed by atoms with E-state index in [0.717, 1.165) is 11.2 Å². The summed E-state index contributed by atoms with van der Waals surface area (Å²) in [6.07, 6.45) is 0. The Labute approximate surface area is 188 Å². The Hall–Kier alpha value is -3.08. The zero-order valence-corrected chi connectivity index (χ0v) is 18.9. The highest BCUT2D eigenvalue weighted by Crippen LogP contribution is 2.37. The normalized spacial score (nSPS) is 17.6. The van der Waals surface area contributed by atoms with Crippen LogP contribution in [0.15, 0.2) is 84.9 Å². The van der Waals surface area contributed by atoms with Crippen molar-refractivity contribution in [3.63, 3.8) is 0 Å². The number of fused-ring (bicyclic) bond motifs is 4. The van der Waals surface area contributed by atoms with Gasteiger partial charge in [0.2, 0.25) is 0 Å². The van der Waals surface area contributed by atoms with Crippen molar-refractivity contribution in [2.75, 3.05) is 0 Å². The van der Waals surface area contributed by atoms with Crippen LogP contribution in [0.3, 0.4) is 0 Å². The average Bonchev–Trinajstić information content (AvgIpc) is 3.21. The van der Waals surface area contributed by atoms with Crippen LogP contribution in [0.2, 0.25) is 0 Å². The number of hydrogen-bond acceptors (Lipinski definition) is 2. The first-order chi connectivity index (χ1) is 15.3. The Morgan fingerprint density at radius 1 is 0.625 bits per heavy atom. The van der Waals surface area contributed by atoms with Gasteiger partial charge in [-0.3, -0.25) is 0 Å². The van der Waals surface area contributed by atoms with Crippen molar-refractivity contribution < 1.29 is 9.31 Å². The van der Waals surface area contributed by atoms with E-state index in [9.17, 15) is 0 Å². The van der Waals surface area contributed by atoms with E-state index in [2.05, 4.69) is 117 Å². The van der Waals surface area contributed by atoms with Gasteiger partial charge in [0, 0.05) is 16.5 Å². The first-order valence-electron chi connectivity index (χ1n) is 11.2. The Balaban J connectivity index is 1.50. The molecule has 0 saturated carbocycles. The van der Waals surface area contributed by atoms with Crippen LogP contribution in [-0.2, 0) is 9.31 Å². The average molecular weight is 419 g/mol. The summed E-state index contributed by atoms with van der Waals surface area (Å²) < 4.78 is 14.8. The minimum absolute atomic E-state index is 0.343. The Morgan fingerprint density at radius 2 is 1.22 bits per heavy atom. The van der Waals surface area contributed by atoms with E-state index in [1.54, 1.807) is 0 Å². The largest absolute Gasteiger partial charge is 0.494 e. The Morgan fingerprint density at radius 3 is 1.91 bits per heavy atom. The summed E-state index contributed by atoms with van der Waals surface area (Å²) in [5.74, 6) is 0. The monoisotopic (exact) mass is 419 g/mol. The molecular formula is C28H26BNO2. The van der Waals surface area contributed by atoms with E-state index in [4.69, 9.17) is 9.31 Å². The summed E-state index contributed by atoms with van der Waals surface area (Å²) >= 11 is 0. The number of nitrogens with zero attached hydrogens (tertiary/aromatic N) is 1. The molecule has 0 N–H and O–H groups in total. The van der Waals surface area contributed by atoms with Gasteiger partial charge in [0.05, 0.1) is 22.2 Å². The van der Waals surface area contributed by atoms with Gasteiger partial charge >= 0.3 is 7.12 Å². The molecule has 32 heavy (non-hydrogen) atoms. The zero-order valence-electron chi connectivity index (χ0n) is 18.9. The molecule has 6 rings (SSSR count). The van der Waals surface area contributed by atoms with Crippen molar-refractivity contribution in [2.45, 2.75) is 38.9 Å². The van der Waals surface area contributed by atoms with Crippen molar-refractivity contribution >= 4 is 45.2 Å². The molecule has 0 unspecified atom stereocenters. The predicted octanol–water partition coefficient (Wildman–Crippen LogP) is 6.24. The van der Waals surface area contributed by atoms with Crippen LogP contribution in [0.1, 0.15) is 27.7 Å². The molecule has 4 aromatic carbocycles. The molecule has 1 aliphatic rings. The van der Waals surface area contributed by atoms with Crippen LogP contribution in [0.4, 0.5) is 0 Å². The van der Waals surface area contributed by atoms with Gasteiger partial charge in [0.1, 0.15) is 0 Å². The number of benzene rings is 4. The lowest BCUT2D eigenvalue weighted by Crippen LogP contribution is -2.41. The molecule has 0 amide bonds. The maximum atomic E-state index is 6.24. The Kier molecular flexibility index (Phi) is 4.11. The molecule has 158 valence electrons. The van der Waals surface area contributed by atoms with E-state index in [0.29, 0.717) is 0 Å². The van der Waals surface area contributed by atoms with Gasteiger partial charge in [-0.1, -0.05) is 54.6 Å². The van der Waals surface area contributed by atoms with Gasteiger partial charge in [-0.15, -0.1) is 0 Å². The summed E-state index contributed by atoms with van der Waals surface area (Å²) in [7, 11) is -0.351.